The molecule has 0 radical (unpaired) electrons. The fraction of sp³-hybridized carbons (Fsp3) is 0.167. The Morgan fingerprint density at radius 2 is 1.77 bits per heavy atom. The molecule has 0 atom stereocenters. The standard InChI is InChI=1S/C24H23N5O5S/c30-22-16-29(13-12-26-22)35(33,34)21-9-7-17(8-10-21)24(32)28-19-6-3-4-18(14-19)23(31)27-15-20-5-1-2-11-25-20/h1-11,14H,12-13,15-16H2,(H,26,30)(H,27,31)(H,28,32). The van der Waals surface area contributed by atoms with Crippen LogP contribution < -0.4 is 16.0 Å². The second-order valence-electron chi connectivity index (χ2n) is 7.75. The third kappa shape index (κ3) is 5.89. The van der Waals surface area contributed by atoms with Crippen molar-refractivity contribution in [3.05, 3.63) is 89.7 Å². The maximum Gasteiger partial charge on any atom is 0.255 e. The van der Waals surface area contributed by atoms with Crippen molar-refractivity contribution in [2.75, 3.05) is 25.0 Å². The monoisotopic (exact) mass is 493 g/mol. The summed E-state index contributed by atoms with van der Waals surface area (Å²) in [7, 11) is -3.85. The minimum absolute atomic E-state index is 0.00433. The molecule has 35 heavy (non-hydrogen) atoms. The fourth-order valence-electron chi connectivity index (χ4n) is 3.46. The van der Waals surface area contributed by atoms with Crippen molar-refractivity contribution in [3.63, 3.8) is 0 Å². The van der Waals surface area contributed by atoms with E-state index in [4.69, 9.17) is 0 Å². The van der Waals surface area contributed by atoms with E-state index in [0.29, 0.717) is 11.3 Å². The van der Waals surface area contributed by atoms with Gasteiger partial charge in [-0.05, 0) is 54.6 Å². The molecule has 1 aliphatic rings. The number of hydrogen-bond acceptors (Lipinski definition) is 6. The van der Waals surface area contributed by atoms with Crippen molar-refractivity contribution < 1.29 is 22.8 Å². The summed E-state index contributed by atoms with van der Waals surface area (Å²) in [5.74, 6) is -1.13. The summed E-state index contributed by atoms with van der Waals surface area (Å²) in [5, 5.41) is 8.07. The van der Waals surface area contributed by atoms with Crippen LogP contribution >= 0.6 is 0 Å². The number of hydrogen-bond donors (Lipinski definition) is 3. The van der Waals surface area contributed by atoms with Crippen molar-refractivity contribution in [2.24, 2.45) is 0 Å². The molecule has 0 aliphatic carbocycles. The number of sulfonamides is 1. The molecule has 2 heterocycles. The normalized spacial score (nSPS) is 14.1. The van der Waals surface area contributed by atoms with E-state index in [9.17, 15) is 22.8 Å². The van der Waals surface area contributed by atoms with E-state index < -0.39 is 15.9 Å². The predicted octanol–water partition coefficient (Wildman–Crippen LogP) is 1.38. The molecule has 180 valence electrons. The molecule has 1 aromatic heterocycles. The Balaban J connectivity index is 1.40. The molecule has 3 N–H and O–H groups in total. The van der Waals surface area contributed by atoms with Crippen LogP contribution in [0.5, 0.6) is 0 Å². The molecule has 3 amide bonds. The maximum atomic E-state index is 12.8. The first-order valence-corrected chi connectivity index (χ1v) is 12.2. The van der Waals surface area contributed by atoms with Crippen molar-refractivity contribution in [3.8, 4) is 0 Å². The molecule has 0 saturated carbocycles. The summed E-state index contributed by atoms with van der Waals surface area (Å²) < 4.78 is 26.6. The van der Waals surface area contributed by atoms with Crippen LogP contribution in [0.4, 0.5) is 5.69 Å². The van der Waals surface area contributed by atoms with Gasteiger partial charge in [0, 0.05) is 36.1 Å². The van der Waals surface area contributed by atoms with Gasteiger partial charge in [-0.2, -0.15) is 4.31 Å². The first-order valence-electron chi connectivity index (χ1n) is 10.8. The lowest BCUT2D eigenvalue weighted by atomic mass is 10.1. The lowest BCUT2D eigenvalue weighted by Gasteiger charge is -2.25. The Morgan fingerprint density at radius 1 is 0.971 bits per heavy atom. The van der Waals surface area contributed by atoms with Gasteiger partial charge in [0.1, 0.15) is 0 Å². The number of amides is 3. The van der Waals surface area contributed by atoms with Gasteiger partial charge in [0.05, 0.1) is 23.7 Å². The van der Waals surface area contributed by atoms with Crippen LogP contribution in [-0.2, 0) is 21.4 Å². The average Bonchev–Trinajstić information content (AvgIpc) is 2.88. The summed E-state index contributed by atoms with van der Waals surface area (Å²) in [5.41, 5.74) is 1.74. The molecule has 10 nitrogen and oxygen atoms in total. The van der Waals surface area contributed by atoms with Crippen LogP contribution in [0.1, 0.15) is 26.4 Å². The van der Waals surface area contributed by atoms with Gasteiger partial charge in [0.2, 0.25) is 15.9 Å². The summed E-state index contributed by atoms with van der Waals surface area (Å²) in [6.07, 6.45) is 1.64. The Kier molecular flexibility index (Phi) is 7.18. The highest BCUT2D eigenvalue weighted by Gasteiger charge is 2.29. The Labute approximate surface area is 202 Å². The van der Waals surface area contributed by atoms with Crippen molar-refractivity contribution in [1.29, 1.82) is 0 Å². The SMILES string of the molecule is O=C1CN(S(=O)(=O)c2ccc(C(=O)Nc3cccc(C(=O)NCc4ccccn4)c3)cc2)CCN1. The molecule has 0 unspecified atom stereocenters. The average molecular weight is 494 g/mol. The first kappa shape index (κ1) is 24.0. The summed E-state index contributed by atoms with van der Waals surface area (Å²) in [4.78, 5) is 40.8. The molecule has 1 saturated heterocycles. The minimum atomic E-state index is -3.85. The van der Waals surface area contributed by atoms with Crippen LogP contribution in [0.3, 0.4) is 0 Å². The second-order valence-corrected chi connectivity index (χ2v) is 9.69. The van der Waals surface area contributed by atoms with Gasteiger partial charge < -0.3 is 16.0 Å². The van der Waals surface area contributed by atoms with Gasteiger partial charge >= 0.3 is 0 Å². The number of benzene rings is 2. The molecule has 2 aromatic carbocycles. The van der Waals surface area contributed by atoms with E-state index in [1.807, 2.05) is 6.07 Å². The number of carbonyl (C=O) groups excluding carboxylic acids is 3. The molecule has 3 aromatic rings. The number of aromatic nitrogens is 1. The van der Waals surface area contributed by atoms with Gasteiger partial charge in [0.15, 0.2) is 0 Å². The minimum Gasteiger partial charge on any atom is -0.354 e. The zero-order chi connectivity index (χ0) is 24.8. The lowest BCUT2D eigenvalue weighted by molar-refractivity contribution is -0.122. The van der Waals surface area contributed by atoms with Crippen LogP contribution in [0.15, 0.2) is 77.8 Å². The van der Waals surface area contributed by atoms with Gasteiger partial charge in [-0.15, -0.1) is 0 Å². The van der Waals surface area contributed by atoms with Crippen LogP contribution in [0.2, 0.25) is 0 Å². The number of nitrogens with zero attached hydrogens (tertiary/aromatic N) is 2. The van der Waals surface area contributed by atoms with Gasteiger partial charge in [-0.3, -0.25) is 19.4 Å². The number of piperazine rings is 1. The van der Waals surface area contributed by atoms with Crippen LogP contribution in [0, 0.1) is 0 Å². The van der Waals surface area contributed by atoms with Crippen molar-refractivity contribution >= 4 is 33.4 Å². The topological polar surface area (TPSA) is 138 Å². The number of anilines is 1. The zero-order valence-electron chi connectivity index (χ0n) is 18.6. The first-order chi connectivity index (χ1) is 16.8. The van der Waals surface area contributed by atoms with E-state index in [1.165, 1.54) is 24.3 Å². The van der Waals surface area contributed by atoms with E-state index in [-0.39, 0.29) is 48.5 Å². The Morgan fingerprint density at radius 3 is 2.49 bits per heavy atom. The maximum absolute atomic E-state index is 12.8. The van der Waals surface area contributed by atoms with E-state index >= 15 is 0 Å². The number of carbonyl (C=O) groups is 3. The predicted molar refractivity (Wildman–Crippen MR) is 128 cm³/mol. The van der Waals surface area contributed by atoms with E-state index in [0.717, 1.165) is 10.00 Å². The van der Waals surface area contributed by atoms with Gasteiger partial charge in [-0.1, -0.05) is 12.1 Å². The van der Waals surface area contributed by atoms with E-state index in [1.54, 1.807) is 42.6 Å². The third-order valence-electron chi connectivity index (χ3n) is 5.30. The molecule has 0 spiro atoms. The summed E-state index contributed by atoms with van der Waals surface area (Å²) in [6.45, 7) is 0.463. The highest BCUT2D eigenvalue weighted by Crippen LogP contribution is 2.18. The molecular weight excluding hydrogens is 470 g/mol. The largest absolute Gasteiger partial charge is 0.354 e. The number of nitrogens with one attached hydrogen (secondary N) is 3. The molecule has 4 rings (SSSR count). The third-order valence-corrected chi connectivity index (χ3v) is 7.16. The highest BCUT2D eigenvalue weighted by molar-refractivity contribution is 7.89. The van der Waals surface area contributed by atoms with E-state index in [2.05, 4.69) is 20.9 Å². The highest BCUT2D eigenvalue weighted by atomic mass is 32.2. The summed E-state index contributed by atoms with van der Waals surface area (Å²) in [6, 6.07) is 17.4. The van der Waals surface area contributed by atoms with Gasteiger partial charge in [0.25, 0.3) is 11.8 Å². The molecule has 1 fully saturated rings. The zero-order valence-corrected chi connectivity index (χ0v) is 19.4. The summed E-state index contributed by atoms with van der Waals surface area (Å²) >= 11 is 0. The Bertz CT molecular complexity index is 1340. The molecule has 0 bridgehead atoms. The number of pyridine rings is 1. The second kappa shape index (κ2) is 10.5. The molecule has 1 aliphatic heterocycles. The van der Waals surface area contributed by atoms with Crippen LogP contribution in [0.25, 0.3) is 0 Å². The Hall–Kier alpha value is -4.09. The molecule has 11 heteroatoms. The molecular formula is C24H23N5O5S. The quantitative estimate of drug-likeness (QED) is 0.455. The van der Waals surface area contributed by atoms with Crippen molar-refractivity contribution in [1.82, 2.24) is 19.9 Å². The van der Waals surface area contributed by atoms with Gasteiger partial charge in [-0.25, -0.2) is 8.42 Å². The van der Waals surface area contributed by atoms with Crippen LogP contribution in [-0.4, -0.2) is 55.1 Å². The fourth-order valence-corrected chi connectivity index (χ4v) is 4.86. The van der Waals surface area contributed by atoms with Crippen molar-refractivity contribution in [2.45, 2.75) is 11.4 Å². The number of rotatable bonds is 7. The smallest absolute Gasteiger partial charge is 0.255 e. The lowest BCUT2D eigenvalue weighted by Crippen LogP contribution is -2.49.